The van der Waals surface area contributed by atoms with Crippen LogP contribution in [0.15, 0.2) is 33.2 Å². The van der Waals surface area contributed by atoms with Crippen molar-refractivity contribution in [3.8, 4) is 5.75 Å². The first-order valence-corrected chi connectivity index (χ1v) is 7.54. The molecule has 2 aromatic rings. The molecule has 1 heterocycles. The molecule has 0 saturated heterocycles. The van der Waals surface area contributed by atoms with Crippen molar-refractivity contribution >= 4 is 27.8 Å². The fraction of sp³-hybridized carbons (Fsp3) is 0.250. The van der Waals surface area contributed by atoms with Gasteiger partial charge in [-0.1, -0.05) is 0 Å². The molecule has 0 unspecified atom stereocenters. The summed E-state index contributed by atoms with van der Waals surface area (Å²) in [4.78, 5) is 24.9. The Labute approximate surface area is 141 Å². The number of rotatable bonds is 5. The van der Waals surface area contributed by atoms with E-state index in [2.05, 4.69) is 15.9 Å². The zero-order valence-electron chi connectivity index (χ0n) is 12.9. The Morgan fingerprint density at radius 2 is 2.04 bits per heavy atom. The number of nitrogens with zero attached hydrogens (tertiary/aromatic N) is 1. The number of halogens is 1. The first-order valence-electron chi connectivity index (χ1n) is 6.75. The van der Waals surface area contributed by atoms with E-state index < -0.39 is 5.97 Å². The van der Waals surface area contributed by atoms with Crippen LogP contribution >= 0.6 is 15.9 Å². The monoisotopic (exact) mass is 381 g/mol. The number of hydrogen-bond acceptors (Lipinski definition) is 4. The summed E-state index contributed by atoms with van der Waals surface area (Å²) in [6, 6.07) is 6.47. The quantitative estimate of drug-likeness (QED) is 0.858. The molecule has 23 heavy (non-hydrogen) atoms. The molecule has 122 valence electrons. The van der Waals surface area contributed by atoms with Gasteiger partial charge >= 0.3 is 5.97 Å². The number of amides is 1. The number of aromatic carboxylic acids is 1. The Hall–Kier alpha value is -2.28. The molecule has 1 N–H and O–H groups in total. The molecule has 7 heteroatoms. The Morgan fingerprint density at radius 3 is 2.57 bits per heavy atom. The first kappa shape index (κ1) is 17.1. The van der Waals surface area contributed by atoms with Crippen molar-refractivity contribution in [3.05, 3.63) is 51.4 Å². The lowest BCUT2D eigenvalue weighted by atomic mass is 10.2. The highest BCUT2D eigenvalue weighted by Gasteiger charge is 2.18. The number of furan rings is 1. The van der Waals surface area contributed by atoms with Crippen LogP contribution < -0.4 is 4.74 Å². The van der Waals surface area contributed by atoms with Crippen molar-refractivity contribution in [1.82, 2.24) is 4.90 Å². The van der Waals surface area contributed by atoms with Gasteiger partial charge in [-0.15, -0.1) is 0 Å². The van der Waals surface area contributed by atoms with Crippen molar-refractivity contribution in [2.24, 2.45) is 0 Å². The molecule has 0 aliphatic heterocycles. The number of ether oxygens (including phenoxy) is 1. The maximum atomic E-state index is 12.4. The highest BCUT2D eigenvalue weighted by molar-refractivity contribution is 9.10. The standard InChI is InChI=1S/C16H16BrNO5/c1-9-12(16(20)21)7-11(23-9)8-18(2)15(19)10-4-5-14(22-3)13(17)6-10/h4-7H,8H2,1-3H3,(H,20,21). The van der Waals surface area contributed by atoms with Crippen LogP contribution in [0.5, 0.6) is 5.75 Å². The number of benzene rings is 1. The van der Waals surface area contributed by atoms with E-state index in [-0.39, 0.29) is 18.0 Å². The van der Waals surface area contributed by atoms with Crippen molar-refractivity contribution in [2.75, 3.05) is 14.2 Å². The molecular formula is C16H16BrNO5. The molecule has 1 aromatic carbocycles. The lowest BCUT2D eigenvalue weighted by Gasteiger charge is -2.16. The molecule has 0 fully saturated rings. The second-order valence-corrected chi connectivity index (χ2v) is 5.85. The van der Waals surface area contributed by atoms with E-state index >= 15 is 0 Å². The Kier molecular flexibility index (Phi) is 5.10. The third-order valence-electron chi connectivity index (χ3n) is 3.34. The molecule has 0 spiro atoms. The van der Waals surface area contributed by atoms with E-state index in [1.807, 2.05) is 0 Å². The fourth-order valence-corrected chi connectivity index (χ4v) is 2.70. The van der Waals surface area contributed by atoms with Gasteiger partial charge in [0.2, 0.25) is 0 Å². The molecule has 0 atom stereocenters. The first-order chi connectivity index (χ1) is 10.8. The van der Waals surface area contributed by atoms with Crippen LogP contribution in [0, 0.1) is 6.92 Å². The molecule has 2 rings (SSSR count). The maximum Gasteiger partial charge on any atom is 0.339 e. The summed E-state index contributed by atoms with van der Waals surface area (Å²) in [5.74, 6) is 0.116. The topological polar surface area (TPSA) is 80.0 Å². The second-order valence-electron chi connectivity index (χ2n) is 5.00. The van der Waals surface area contributed by atoms with Gasteiger partial charge in [-0.3, -0.25) is 4.79 Å². The SMILES string of the molecule is COc1ccc(C(=O)N(C)Cc2cc(C(=O)O)c(C)o2)cc1Br. The molecular weight excluding hydrogens is 366 g/mol. The minimum absolute atomic E-state index is 0.105. The van der Waals surface area contributed by atoms with Crippen LogP contribution in [-0.2, 0) is 6.54 Å². The maximum absolute atomic E-state index is 12.4. The van der Waals surface area contributed by atoms with Gasteiger partial charge < -0.3 is 19.2 Å². The van der Waals surface area contributed by atoms with E-state index in [0.717, 1.165) is 0 Å². The predicted molar refractivity (Wildman–Crippen MR) is 86.9 cm³/mol. The summed E-state index contributed by atoms with van der Waals surface area (Å²) >= 11 is 3.34. The summed E-state index contributed by atoms with van der Waals surface area (Å²) in [5.41, 5.74) is 0.593. The van der Waals surface area contributed by atoms with E-state index in [1.165, 1.54) is 11.0 Å². The molecule has 0 bridgehead atoms. The summed E-state index contributed by atoms with van der Waals surface area (Å²) < 4.78 is 11.2. The smallest absolute Gasteiger partial charge is 0.339 e. The number of hydrogen-bond donors (Lipinski definition) is 1. The Morgan fingerprint density at radius 1 is 1.35 bits per heavy atom. The minimum Gasteiger partial charge on any atom is -0.496 e. The third kappa shape index (κ3) is 3.73. The summed E-state index contributed by atoms with van der Waals surface area (Å²) in [7, 11) is 3.17. The number of carbonyl (C=O) groups is 2. The highest BCUT2D eigenvalue weighted by Crippen LogP contribution is 2.26. The zero-order chi connectivity index (χ0) is 17.1. The highest BCUT2D eigenvalue weighted by atomic mass is 79.9. The molecule has 0 aliphatic carbocycles. The van der Waals surface area contributed by atoms with Crippen LogP contribution in [0.3, 0.4) is 0 Å². The molecule has 0 radical (unpaired) electrons. The fourth-order valence-electron chi connectivity index (χ4n) is 2.16. The number of carboxylic acid groups (broad SMARTS) is 1. The molecule has 0 aliphatic rings. The third-order valence-corrected chi connectivity index (χ3v) is 3.96. The predicted octanol–water partition coefficient (Wildman–Crippen LogP) is 3.33. The van der Waals surface area contributed by atoms with Crippen LogP contribution in [0.1, 0.15) is 32.2 Å². The lowest BCUT2D eigenvalue weighted by molar-refractivity contribution is 0.0694. The summed E-state index contributed by atoms with van der Waals surface area (Å²) in [6.07, 6.45) is 0. The summed E-state index contributed by atoms with van der Waals surface area (Å²) in [5, 5.41) is 9.02. The number of aryl methyl sites for hydroxylation is 1. The van der Waals surface area contributed by atoms with Crippen molar-refractivity contribution < 1.29 is 23.8 Å². The zero-order valence-corrected chi connectivity index (χ0v) is 14.5. The van der Waals surface area contributed by atoms with E-state index in [9.17, 15) is 9.59 Å². The lowest BCUT2D eigenvalue weighted by Crippen LogP contribution is -2.26. The van der Waals surface area contributed by atoms with E-state index in [0.29, 0.717) is 27.3 Å². The Balaban J connectivity index is 2.15. The largest absolute Gasteiger partial charge is 0.496 e. The van der Waals surface area contributed by atoms with Crippen LogP contribution in [0.2, 0.25) is 0 Å². The summed E-state index contributed by atoms with van der Waals surface area (Å²) in [6.45, 7) is 1.76. The molecule has 0 saturated carbocycles. The number of methoxy groups -OCH3 is 1. The van der Waals surface area contributed by atoms with Gasteiger partial charge in [0.15, 0.2) is 0 Å². The van der Waals surface area contributed by atoms with Gasteiger partial charge in [0.05, 0.1) is 18.1 Å². The normalized spacial score (nSPS) is 10.4. The van der Waals surface area contributed by atoms with E-state index in [1.54, 1.807) is 39.3 Å². The van der Waals surface area contributed by atoms with Gasteiger partial charge in [0.25, 0.3) is 5.91 Å². The van der Waals surface area contributed by atoms with Crippen LogP contribution in [0.25, 0.3) is 0 Å². The van der Waals surface area contributed by atoms with Gasteiger partial charge in [-0.25, -0.2) is 4.79 Å². The van der Waals surface area contributed by atoms with E-state index in [4.69, 9.17) is 14.3 Å². The van der Waals surface area contributed by atoms with Crippen molar-refractivity contribution in [2.45, 2.75) is 13.5 Å². The second kappa shape index (κ2) is 6.87. The van der Waals surface area contributed by atoms with Gasteiger partial charge in [0, 0.05) is 12.6 Å². The average Bonchev–Trinajstić information content (AvgIpc) is 2.87. The van der Waals surface area contributed by atoms with Gasteiger partial charge in [0.1, 0.15) is 22.8 Å². The van der Waals surface area contributed by atoms with Gasteiger partial charge in [-0.05, 0) is 47.1 Å². The number of carbonyl (C=O) groups excluding carboxylic acids is 1. The molecule has 1 aromatic heterocycles. The minimum atomic E-state index is -1.05. The van der Waals surface area contributed by atoms with Crippen molar-refractivity contribution in [1.29, 1.82) is 0 Å². The molecule has 1 amide bonds. The molecule has 6 nitrogen and oxygen atoms in total. The number of carboxylic acids is 1. The van der Waals surface area contributed by atoms with Crippen molar-refractivity contribution in [3.63, 3.8) is 0 Å². The average molecular weight is 382 g/mol. The Bertz CT molecular complexity index is 753. The van der Waals surface area contributed by atoms with Crippen LogP contribution in [-0.4, -0.2) is 36.0 Å². The van der Waals surface area contributed by atoms with Gasteiger partial charge in [-0.2, -0.15) is 0 Å². The van der Waals surface area contributed by atoms with Crippen LogP contribution in [0.4, 0.5) is 0 Å².